The third-order valence-corrected chi connectivity index (χ3v) is 24.2. The average molecular weight is 613 g/mol. The molecule has 0 amide bonds. The fourth-order valence-electron chi connectivity index (χ4n) is 7.17. The van der Waals surface area contributed by atoms with Crippen LogP contribution in [0, 0.1) is 0 Å². The molecule has 2 aromatic rings. The van der Waals surface area contributed by atoms with E-state index in [1.54, 1.807) is 0 Å². The van der Waals surface area contributed by atoms with E-state index in [0.29, 0.717) is 10.0 Å². The Kier molecular flexibility index (Phi) is 7.02. The van der Waals surface area contributed by atoms with Crippen molar-refractivity contribution in [3.8, 4) is 11.5 Å². The number of rotatable bonds is 6. The van der Waals surface area contributed by atoms with Gasteiger partial charge in [0.1, 0.15) is 0 Å². The van der Waals surface area contributed by atoms with Crippen molar-refractivity contribution in [2.24, 2.45) is 0 Å². The van der Waals surface area contributed by atoms with Crippen LogP contribution in [-0.4, -0.2) is 3.71 Å². The summed E-state index contributed by atoms with van der Waals surface area (Å²) in [6, 6.07) is 15.7. The van der Waals surface area contributed by atoms with Crippen LogP contribution in [0.4, 0.5) is 0 Å². The first-order valence-corrected chi connectivity index (χ1v) is 20.7. The fraction of sp³-hybridized carbons (Fsp3) is 0.344. The summed E-state index contributed by atoms with van der Waals surface area (Å²) >= 11 is 7.59. The predicted molar refractivity (Wildman–Crippen MR) is 153 cm³/mol. The van der Waals surface area contributed by atoms with Crippen LogP contribution >= 0.6 is 23.2 Å². The fourth-order valence-corrected chi connectivity index (χ4v) is 22.6. The number of hydrogen-bond donors (Lipinski definition) is 0. The Balaban J connectivity index is 1.63. The number of hydrogen-bond acceptors (Lipinski definition) is 2. The maximum atomic E-state index is 7.56. The molecule has 0 heterocycles. The summed E-state index contributed by atoms with van der Waals surface area (Å²) in [5.74, 6) is 1.66. The minimum absolute atomic E-state index is 0.136. The average Bonchev–Trinajstić information content (AvgIpc) is 3.57. The molecule has 0 fully saturated rings. The van der Waals surface area contributed by atoms with E-state index in [1.807, 2.05) is 48.5 Å². The summed E-state index contributed by atoms with van der Waals surface area (Å²) in [5, 5.41) is 1.41. The SMILES string of the molecule is C[CH]=[Zr]([O]c1ccc(Cl)cc1)([O]c1ccc(Cl)cc1)([CH]1C=CC2=C1CCCC2)[CH]1C=CC2=C1CCCC2. The van der Waals surface area contributed by atoms with Gasteiger partial charge in [0.25, 0.3) is 0 Å². The Labute approximate surface area is 232 Å². The van der Waals surface area contributed by atoms with Crippen LogP contribution in [0.25, 0.3) is 0 Å². The standard InChI is InChI=1S/2C9H11.2C6H5ClO.C2H4.Zr/c2*1-2-5-9-7-3-6-8(9)4-1;2*7-5-1-3-6(8)4-2-5;1-2;/h2*3,6-7H,1-2,4-5H2;2*1-4,8H;1H,2H3;/q;;;;;+2/p-2. The van der Waals surface area contributed by atoms with E-state index in [0.717, 1.165) is 37.2 Å². The molecule has 0 saturated heterocycles. The second-order valence-electron chi connectivity index (χ2n) is 10.9. The molecule has 0 spiro atoms. The third-order valence-electron chi connectivity index (χ3n) is 8.93. The van der Waals surface area contributed by atoms with E-state index in [4.69, 9.17) is 28.8 Å². The van der Waals surface area contributed by atoms with E-state index >= 15 is 0 Å². The molecule has 4 aliphatic rings. The molecule has 6 rings (SSSR count). The van der Waals surface area contributed by atoms with Crippen LogP contribution in [0.5, 0.6) is 11.5 Å². The van der Waals surface area contributed by atoms with Gasteiger partial charge in [-0.15, -0.1) is 0 Å². The van der Waals surface area contributed by atoms with Crippen molar-refractivity contribution < 1.29 is 24.8 Å². The number of benzene rings is 2. The topological polar surface area (TPSA) is 18.5 Å². The van der Waals surface area contributed by atoms with E-state index < -0.39 is 19.2 Å². The molecule has 0 bridgehead atoms. The molecule has 2 nitrogen and oxygen atoms in total. The molecule has 4 aliphatic carbocycles. The quantitative estimate of drug-likeness (QED) is 0.323. The van der Waals surface area contributed by atoms with Crippen LogP contribution in [0.15, 0.2) is 95.1 Å². The van der Waals surface area contributed by atoms with Crippen molar-refractivity contribution >= 4 is 26.9 Å². The molecule has 2 atom stereocenters. The van der Waals surface area contributed by atoms with Gasteiger partial charge in [0.2, 0.25) is 0 Å². The Hall–Kier alpha value is -1.67. The van der Waals surface area contributed by atoms with Crippen molar-refractivity contribution in [2.45, 2.75) is 65.5 Å². The summed E-state index contributed by atoms with van der Waals surface area (Å²) in [6.45, 7) is 2.20. The van der Waals surface area contributed by atoms with Crippen molar-refractivity contribution in [1.29, 1.82) is 0 Å². The molecule has 2 aromatic carbocycles. The first-order chi connectivity index (χ1) is 18.0. The molecule has 0 aromatic heterocycles. The van der Waals surface area contributed by atoms with Gasteiger partial charge in [-0.2, -0.15) is 0 Å². The number of halogens is 2. The molecule has 0 aliphatic heterocycles. The zero-order chi connectivity index (χ0) is 25.5. The van der Waals surface area contributed by atoms with Gasteiger partial charge in [-0.1, -0.05) is 0 Å². The first-order valence-electron chi connectivity index (χ1n) is 13.7. The molecular weight excluding hydrogens is 578 g/mol. The summed E-state index contributed by atoms with van der Waals surface area (Å²) in [5.41, 5.74) is 6.07. The monoisotopic (exact) mass is 610 g/mol. The van der Waals surface area contributed by atoms with Crippen molar-refractivity contribution in [1.82, 2.24) is 0 Å². The first kappa shape index (κ1) is 25.6. The van der Waals surface area contributed by atoms with E-state index in [2.05, 4.69) is 34.9 Å². The normalized spacial score (nSPS) is 23.2. The van der Waals surface area contributed by atoms with E-state index in [9.17, 15) is 0 Å². The molecule has 0 radical (unpaired) electrons. The molecule has 0 saturated carbocycles. The van der Waals surface area contributed by atoms with Crippen LogP contribution < -0.4 is 5.63 Å². The van der Waals surface area contributed by atoms with Crippen molar-refractivity contribution in [3.05, 3.63) is 105 Å². The Morgan fingerprint density at radius 1 is 0.649 bits per heavy atom. The summed E-state index contributed by atoms with van der Waals surface area (Å²) in [4.78, 5) is 0. The summed E-state index contributed by atoms with van der Waals surface area (Å²) < 4.78 is 17.8. The minimum atomic E-state index is -5.02. The van der Waals surface area contributed by atoms with Gasteiger partial charge in [-0.25, -0.2) is 0 Å². The number of allylic oxidation sites excluding steroid dienone is 8. The van der Waals surface area contributed by atoms with Gasteiger partial charge in [-0.3, -0.25) is 0 Å². The van der Waals surface area contributed by atoms with Gasteiger partial charge in [0.05, 0.1) is 0 Å². The van der Waals surface area contributed by atoms with Crippen LogP contribution in [-0.2, 0) is 19.2 Å². The van der Waals surface area contributed by atoms with Crippen LogP contribution in [0.3, 0.4) is 0 Å². The van der Waals surface area contributed by atoms with Crippen LogP contribution in [0.1, 0.15) is 58.3 Å². The predicted octanol–water partition coefficient (Wildman–Crippen LogP) is 10.3. The summed E-state index contributed by atoms with van der Waals surface area (Å²) in [6.07, 6.45) is 19.1. The van der Waals surface area contributed by atoms with Gasteiger partial charge in [0.15, 0.2) is 0 Å². The zero-order valence-corrected chi connectivity index (χ0v) is 25.4. The van der Waals surface area contributed by atoms with Crippen LogP contribution in [0.2, 0.25) is 17.3 Å². The Bertz CT molecular complexity index is 1290. The molecule has 5 heteroatoms. The molecule has 2 unspecified atom stereocenters. The third kappa shape index (κ3) is 4.40. The van der Waals surface area contributed by atoms with E-state index in [1.165, 1.54) is 48.0 Å². The Morgan fingerprint density at radius 3 is 1.46 bits per heavy atom. The van der Waals surface area contributed by atoms with E-state index in [-0.39, 0.29) is 7.25 Å². The molecule has 0 N–H and O–H groups in total. The zero-order valence-electron chi connectivity index (χ0n) is 21.4. The Morgan fingerprint density at radius 2 is 1.05 bits per heavy atom. The van der Waals surface area contributed by atoms with Gasteiger partial charge >= 0.3 is 234 Å². The molecule has 192 valence electrons. The van der Waals surface area contributed by atoms with Gasteiger partial charge in [0, 0.05) is 0 Å². The molecule has 37 heavy (non-hydrogen) atoms. The molecular formula is C32H34Cl2O2Zr. The summed E-state index contributed by atoms with van der Waals surface area (Å²) in [7, 11) is 0. The maximum absolute atomic E-state index is 7.56. The second-order valence-corrected chi connectivity index (χ2v) is 23.6. The van der Waals surface area contributed by atoms with Gasteiger partial charge < -0.3 is 0 Å². The van der Waals surface area contributed by atoms with Crippen molar-refractivity contribution in [2.75, 3.05) is 0 Å². The second kappa shape index (κ2) is 10.1. The van der Waals surface area contributed by atoms with Gasteiger partial charge in [-0.05, 0) is 0 Å². The van der Waals surface area contributed by atoms with Crippen molar-refractivity contribution in [3.63, 3.8) is 0 Å².